The highest BCUT2D eigenvalue weighted by molar-refractivity contribution is 9.10. The highest BCUT2D eigenvalue weighted by atomic mass is 79.9. The summed E-state index contributed by atoms with van der Waals surface area (Å²) >= 11 is 3.34. The third-order valence-corrected chi connectivity index (χ3v) is 4.13. The normalized spacial score (nSPS) is 18.0. The van der Waals surface area contributed by atoms with E-state index in [1.54, 1.807) is 6.33 Å². The van der Waals surface area contributed by atoms with Crippen LogP contribution in [0, 0.1) is 0 Å². The van der Waals surface area contributed by atoms with Gasteiger partial charge in [-0.05, 0) is 54.0 Å². The van der Waals surface area contributed by atoms with E-state index in [2.05, 4.69) is 31.0 Å². The molecule has 3 rings (SSSR count). The molecule has 0 N–H and O–H groups in total. The molecule has 102 valence electrons. The third kappa shape index (κ3) is 2.90. The zero-order chi connectivity index (χ0) is 13.2. The van der Waals surface area contributed by atoms with Crippen molar-refractivity contribution in [3.8, 4) is 0 Å². The molecule has 0 aliphatic carbocycles. The summed E-state index contributed by atoms with van der Waals surface area (Å²) in [6, 6.07) is 3.97. The average molecular weight is 325 g/mol. The summed E-state index contributed by atoms with van der Waals surface area (Å²) in [5.41, 5.74) is 0. The molecule has 1 saturated heterocycles. The van der Waals surface area contributed by atoms with Gasteiger partial charge in [0.25, 0.3) is 0 Å². The molecule has 5 nitrogen and oxygen atoms in total. The van der Waals surface area contributed by atoms with Crippen molar-refractivity contribution in [2.45, 2.75) is 25.3 Å². The van der Waals surface area contributed by atoms with Gasteiger partial charge in [0.05, 0.1) is 6.54 Å². The lowest BCUT2D eigenvalue weighted by Crippen LogP contribution is -2.33. The van der Waals surface area contributed by atoms with E-state index in [0.717, 1.165) is 48.7 Å². The van der Waals surface area contributed by atoms with E-state index in [9.17, 15) is 0 Å². The average Bonchev–Trinajstić information content (AvgIpc) is 3.00. The second-order valence-electron chi connectivity index (χ2n) is 5.06. The van der Waals surface area contributed by atoms with Gasteiger partial charge in [-0.1, -0.05) is 0 Å². The SMILES string of the molecule is Cn1cnnc1C1CCN(Cc2ccc(Br)o2)CC1. The van der Waals surface area contributed by atoms with Crippen molar-refractivity contribution in [2.75, 3.05) is 13.1 Å². The van der Waals surface area contributed by atoms with Crippen LogP contribution in [0.3, 0.4) is 0 Å². The Morgan fingerprint density at radius 3 is 2.74 bits per heavy atom. The summed E-state index contributed by atoms with van der Waals surface area (Å²) in [7, 11) is 2.02. The predicted octanol–water partition coefficient (Wildman–Crippen LogP) is 2.55. The van der Waals surface area contributed by atoms with Crippen LogP contribution in [0.2, 0.25) is 0 Å². The first-order valence-corrected chi connectivity index (χ1v) is 7.32. The lowest BCUT2D eigenvalue weighted by Gasteiger charge is -2.30. The van der Waals surface area contributed by atoms with Gasteiger partial charge in [-0.3, -0.25) is 4.90 Å². The Morgan fingerprint density at radius 1 is 1.37 bits per heavy atom. The van der Waals surface area contributed by atoms with E-state index in [1.165, 1.54) is 0 Å². The number of piperidine rings is 1. The quantitative estimate of drug-likeness (QED) is 0.870. The van der Waals surface area contributed by atoms with Crippen molar-refractivity contribution in [1.29, 1.82) is 0 Å². The van der Waals surface area contributed by atoms with Gasteiger partial charge >= 0.3 is 0 Å². The number of aryl methyl sites for hydroxylation is 1. The Balaban J connectivity index is 1.56. The van der Waals surface area contributed by atoms with Gasteiger partial charge in [0.1, 0.15) is 17.9 Å². The Bertz CT molecular complexity index is 542. The number of nitrogens with zero attached hydrogens (tertiary/aromatic N) is 4. The molecule has 0 atom stereocenters. The van der Waals surface area contributed by atoms with Crippen molar-refractivity contribution in [3.63, 3.8) is 0 Å². The maximum atomic E-state index is 5.55. The topological polar surface area (TPSA) is 47.1 Å². The van der Waals surface area contributed by atoms with Crippen molar-refractivity contribution in [2.24, 2.45) is 7.05 Å². The monoisotopic (exact) mass is 324 g/mol. The first-order valence-electron chi connectivity index (χ1n) is 6.53. The zero-order valence-corrected chi connectivity index (χ0v) is 12.5. The molecule has 0 radical (unpaired) electrons. The molecular formula is C13H17BrN4O. The number of rotatable bonds is 3. The molecule has 0 bridgehead atoms. The van der Waals surface area contributed by atoms with Crippen LogP contribution in [0.15, 0.2) is 27.5 Å². The van der Waals surface area contributed by atoms with E-state index in [-0.39, 0.29) is 0 Å². The van der Waals surface area contributed by atoms with Gasteiger partial charge < -0.3 is 8.98 Å². The van der Waals surface area contributed by atoms with Gasteiger partial charge in [-0.15, -0.1) is 10.2 Å². The Hall–Kier alpha value is -1.14. The predicted molar refractivity (Wildman–Crippen MR) is 74.7 cm³/mol. The fraction of sp³-hybridized carbons (Fsp3) is 0.538. The smallest absolute Gasteiger partial charge is 0.169 e. The van der Waals surface area contributed by atoms with Crippen LogP contribution in [0.1, 0.15) is 30.3 Å². The molecule has 3 heterocycles. The number of hydrogen-bond donors (Lipinski definition) is 0. The van der Waals surface area contributed by atoms with Gasteiger partial charge in [-0.25, -0.2) is 0 Å². The molecule has 6 heteroatoms. The van der Waals surface area contributed by atoms with Gasteiger partial charge in [-0.2, -0.15) is 0 Å². The first kappa shape index (κ1) is 12.9. The molecule has 1 aliphatic rings. The Labute approximate surface area is 120 Å². The second kappa shape index (κ2) is 5.46. The number of hydrogen-bond acceptors (Lipinski definition) is 4. The lowest BCUT2D eigenvalue weighted by molar-refractivity contribution is 0.186. The minimum Gasteiger partial charge on any atom is -0.453 e. The fourth-order valence-electron chi connectivity index (χ4n) is 2.67. The summed E-state index contributed by atoms with van der Waals surface area (Å²) < 4.78 is 8.39. The summed E-state index contributed by atoms with van der Waals surface area (Å²) in [4.78, 5) is 2.43. The second-order valence-corrected chi connectivity index (χ2v) is 5.84. The van der Waals surface area contributed by atoms with Crippen LogP contribution < -0.4 is 0 Å². The molecule has 0 aromatic carbocycles. The molecular weight excluding hydrogens is 308 g/mol. The molecule has 0 amide bonds. The Kier molecular flexibility index (Phi) is 3.70. The largest absolute Gasteiger partial charge is 0.453 e. The van der Waals surface area contributed by atoms with E-state index >= 15 is 0 Å². The van der Waals surface area contributed by atoms with Crippen molar-refractivity contribution < 1.29 is 4.42 Å². The number of aromatic nitrogens is 3. The summed E-state index contributed by atoms with van der Waals surface area (Å²) in [5.74, 6) is 2.66. The fourth-order valence-corrected chi connectivity index (χ4v) is 3.01. The minimum atomic E-state index is 0.534. The van der Waals surface area contributed by atoms with E-state index in [0.29, 0.717) is 5.92 Å². The standard InChI is InChI=1S/C13H17BrN4O/c1-17-9-15-16-13(17)10-4-6-18(7-5-10)8-11-2-3-12(14)19-11/h2-3,9-10H,4-8H2,1H3. The highest BCUT2D eigenvalue weighted by Gasteiger charge is 2.24. The first-order chi connectivity index (χ1) is 9.22. The number of halogens is 1. The van der Waals surface area contributed by atoms with E-state index in [1.807, 2.05) is 23.7 Å². The molecule has 2 aromatic heterocycles. The van der Waals surface area contributed by atoms with E-state index < -0.39 is 0 Å². The molecule has 0 spiro atoms. The minimum absolute atomic E-state index is 0.534. The van der Waals surface area contributed by atoms with Crippen LogP contribution >= 0.6 is 15.9 Å². The van der Waals surface area contributed by atoms with Crippen LogP contribution in [0.5, 0.6) is 0 Å². The number of likely N-dealkylation sites (tertiary alicyclic amines) is 1. The lowest BCUT2D eigenvalue weighted by atomic mass is 9.96. The summed E-state index contributed by atoms with van der Waals surface area (Å²) in [6.07, 6.45) is 4.05. The van der Waals surface area contributed by atoms with Gasteiger partial charge in [0, 0.05) is 13.0 Å². The third-order valence-electron chi connectivity index (χ3n) is 3.71. The van der Waals surface area contributed by atoms with Crippen molar-refractivity contribution in [1.82, 2.24) is 19.7 Å². The van der Waals surface area contributed by atoms with Crippen molar-refractivity contribution >= 4 is 15.9 Å². The Morgan fingerprint density at radius 2 is 2.16 bits per heavy atom. The van der Waals surface area contributed by atoms with Crippen LogP contribution in [0.4, 0.5) is 0 Å². The molecule has 1 fully saturated rings. The maximum Gasteiger partial charge on any atom is 0.169 e. The molecule has 1 aliphatic heterocycles. The molecule has 2 aromatic rings. The van der Waals surface area contributed by atoms with E-state index in [4.69, 9.17) is 4.42 Å². The van der Waals surface area contributed by atoms with Crippen LogP contribution in [-0.4, -0.2) is 32.8 Å². The van der Waals surface area contributed by atoms with Crippen LogP contribution in [-0.2, 0) is 13.6 Å². The summed E-state index contributed by atoms with van der Waals surface area (Å²) in [5, 5.41) is 8.19. The molecule has 19 heavy (non-hydrogen) atoms. The molecule has 0 saturated carbocycles. The highest BCUT2D eigenvalue weighted by Crippen LogP contribution is 2.27. The molecule has 0 unspecified atom stereocenters. The van der Waals surface area contributed by atoms with Crippen molar-refractivity contribution in [3.05, 3.63) is 34.7 Å². The van der Waals surface area contributed by atoms with Gasteiger partial charge in [0.2, 0.25) is 0 Å². The number of furan rings is 1. The van der Waals surface area contributed by atoms with Crippen LogP contribution in [0.25, 0.3) is 0 Å². The zero-order valence-electron chi connectivity index (χ0n) is 10.9. The van der Waals surface area contributed by atoms with Gasteiger partial charge in [0.15, 0.2) is 4.67 Å². The summed E-state index contributed by atoms with van der Waals surface area (Å²) in [6.45, 7) is 3.04. The maximum absolute atomic E-state index is 5.55.